The Morgan fingerprint density at radius 2 is 1.69 bits per heavy atom. The molecule has 7 nitrogen and oxygen atoms in total. The molecular weight excluding hydrogens is 338 g/mol. The van der Waals surface area contributed by atoms with Crippen molar-refractivity contribution < 1.29 is 23.9 Å². The van der Waals surface area contributed by atoms with E-state index in [0.29, 0.717) is 24.7 Å². The van der Waals surface area contributed by atoms with Crippen LogP contribution in [-0.4, -0.2) is 24.1 Å². The molecule has 136 valence electrons. The van der Waals surface area contributed by atoms with Gasteiger partial charge in [-0.15, -0.1) is 0 Å². The molecule has 0 unspecified atom stereocenters. The second-order valence-electron chi connectivity index (χ2n) is 5.08. The normalized spacial score (nSPS) is 10.5. The summed E-state index contributed by atoms with van der Waals surface area (Å²) in [6.07, 6.45) is 2.86. The summed E-state index contributed by atoms with van der Waals surface area (Å²) in [6, 6.07) is 10.6. The first-order valence-corrected chi connectivity index (χ1v) is 8.07. The van der Waals surface area contributed by atoms with Crippen LogP contribution < -0.4 is 14.2 Å². The molecule has 26 heavy (non-hydrogen) atoms. The first kappa shape index (κ1) is 19.0. The minimum atomic E-state index is -0.592. The summed E-state index contributed by atoms with van der Waals surface area (Å²) < 4.78 is 16.1. The van der Waals surface area contributed by atoms with Crippen LogP contribution in [0.15, 0.2) is 48.5 Å². The van der Waals surface area contributed by atoms with Crippen LogP contribution in [-0.2, 0) is 4.79 Å². The van der Waals surface area contributed by atoms with E-state index in [1.165, 1.54) is 30.3 Å². The smallest absolute Gasteiger partial charge is 0.336 e. The van der Waals surface area contributed by atoms with Crippen LogP contribution in [0.5, 0.6) is 17.2 Å². The number of hydrogen-bond donors (Lipinski definition) is 0. The molecule has 0 aliphatic heterocycles. The van der Waals surface area contributed by atoms with Gasteiger partial charge >= 0.3 is 5.97 Å². The Labute approximate surface area is 151 Å². The van der Waals surface area contributed by atoms with E-state index in [0.717, 1.165) is 5.56 Å². The van der Waals surface area contributed by atoms with Gasteiger partial charge in [-0.25, -0.2) is 4.79 Å². The Bertz CT molecular complexity index is 798. The fourth-order valence-electron chi connectivity index (χ4n) is 2.12. The summed E-state index contributed by atoms with van der Waals surface area (Å²) in [5.74, 6) is 0.873. The molecule has 2 aromatic rings. The quantitative estimate of drug-likeness (QED) is 0.233. The van der Waals surface area contributed by atoms with Crippen LogP contribution in [0.4, 0.5) is 5.69 Å². The molecule has 0 aliphatic carbocycles. The van der Waals surface area contributed by atoms with Gasteiger partial charge in [0.2, 0.25) is 0 Å². The number of hydrogen-bond acceptors (Lipinski definition) is 6. The molecule has 0 radical (unpaired) electrons. The summed E-state index contributed by atoms with van der Waals surface area (Å²) in [7, 11) is 0. The van der Waals surface area contributed by atoms with Gasteiger partial charge in [0.05, 0.1) is 18.1 Å². The summed E-state index contributed by atoms with van der Waals surface area (Å²) in [6.45, 7) is 4.78. The Hall–Kier alpha value is -3.35. The zero-order valence-electron chi connectivity index (χ0n) is 14.5. The zero-order valence-corrected chi connectivity index (χ0v) is 14.5. The maximum absolute atomic E-state index is 11.9. The van der Waals surface area contributed by atoms with E-state index in [-0.39, 0.29) is 11.4 Å². The van der Waals surface area contributed by atoms with E-state index in [2.05, 4.69) is 0 Å². The van der Waals surface area contributed by atoms with E-state index in [4.69, 9.17) is 14.2 Å². The van der Waals surface area contributed by atoms with Crippen molar-refractivity contribution in [2.24, 2.45) is 0 Å². The van der Waals surface area contributed by atoms with E-state index in [1.807, 2.05) is 13.8 Å². The third-order valence-corrected chi connectivity index (χ3v) is 3.25. The number of benzene rings is 2. The molecule has 0 aromatic heterocycles. The lowest BCUT2D eigenvalue weighted by molar-refractivity contribution is -0.384. The van der Waals surface area contributed by atoms with Gasteiger partial charge < -0.3 is 14.2 Å². The average Bonchev–Trinajstić information content (AvgIpc) is 2.62. The minimum Gasteiger partial charge on any atom is -0.490 e. The number of nitro benzene ring substituents is 1. The van der Waals surface area contributed by atoms with Gasteiger partial charge in [-0.2, -0.15) is 0 Å². The fraction of sp³-hybridized carbons (Fsp3) is 0.211. The number of nitro groups is 1. The van der Waals surface area contributed by atoms with Crippen molar-refractivity contribution in [1.82, 2.24) is 0 Å². The van der Waals surface area contributed by atoms with E-state index in [1.54, 1.807) is 24.3 Å². The lowest BCUT2D eigenvalue weighted by atomic mass is 10.2. The van der Waals surface area contributed by atoms with Crippen molar-refractivity contribution in [2.45, 2.75) is 13.8 Å². The number of rotatable bonds is 8. The molecule has 0 fully saturated rings. The van der Waals surface area contributed by atoms with Gasteiger partial charge in [-0.05, 0) is 49.8 Å². The second kappa shape index (κ2) is 9.22. The summed E-state index contributed by atoms with van der Waals surface area (Å²) in [4.78, 5) is 22.0. The van der Waals surface area contributed by atoms with Gasteiger partial charge in [0.25, 0.3) is 5.69 Å². The van der Waals surface area contributed by atoms with Crippen LogP contribution in [0.1, 0.15) is 19.4 Å². The summed E-state index contributed by atoms with van der Waals surface area (Å²) in [5, 5.41) is 10.6. The molecule has 0 atom stereocenters. The topological polar surface area (TPSA) is 87.9 Å². The van der Waals surface area contributed by atoms with E-state index < -0.39 is 10.9 Å². The van der Waals surface area contributed by atoms with Crippen LogP contribution in [0.2, 0.25) is 0 Å². The fourth-order valence-corrected chi connectivity index (χ4v) is 2.12. The summed E-state index contributed by atoms with van der Waals surface area (Å²) >= 11 is 0. The standard InChI is InChI=1S/C19H19NO6/c1-3-24-17-11-5-14(13-18(17)25-4-2)6-12-19(21)26-16-9-7-15(8-10-16)20(22)23/h5-13H,3-4H2,1-2H3/b12-6+. The molecule has 0 aliphatic rings. The molecule has 0 heterocycles. The molecule has 0 saturated heterocycles. The van der Waals surface area contributed by atoms with Crippen molar-refractivity contribution >= 4 is 17.7 Å². The lowest BCUT2D eigenvalue weighted by Gasteiger charge is -2.11. The SMILES string of the molecule is CCOc1ccc(/C=C/C(=O)Oc2ccc([N+](=O)[O-])cc2)cc1OCC. The Balaban J connectivity index is 2.04. The highest BCUT2D eigenvalue weighted by atomic mass is 16.6. The van der Waals surface area contributed by atoms with Crippen molar-refractivity contribution in [3.05, 3.63) is 64.2 Å². The zero-order chi connectivity index (χ0) is 18.9. The highest BCUT2D eigenvalue weighted by Crippen LogP contribution is 2.29. The Morgan fingerprint density at radius 3 is 2.31 bits per heavy atom. The molecule has 0 N–H and O–H groups in total. The van der Waals surface area contributed by atoms with Gasteiger partial charge in [-0.1, -0.05) is 6.07 Å². The first-order chi connectivity index (χ1) is 12.5. The third-order valence-electron chi connectivity index (χ3n) is 3.25. The lowest BCUT2D eigenvalue weighted by Crippen LogP contribution is -2.03. The minimum absolute atomic E-state index is 0.0711. The van der Waals surface area contributed by atoms with Crippen molar-refractivity contribution in [3.63, 3.8) is 0 Å². The first-order valence-electron chi connectivity index (χ1n) is 8.07. The maximum Gasteiger partial charge on any atom is 0.336 e. The summed E-state index contributed by atoms with van der Waals surface area (Å²) in [5.41, 5.74) is 0.677. The Morgan fingerprint density at radius 1 is 1.04 bits per heavy atom. The molecule has 0 bridgehead atoms. The number of carbonyl (C=O) groups excluding carboxylic acids is 1. The highest BCUT2D eigenvalue weighted by Gasteiger charge is 2.07. The van der Waals surface area contributed by atoms with Crippen LogP contribution in [0, 0.1) is 10.1 Å². The molecule has 2 aromatic carbocycles. The maximum atomic E-state index is 11.9. The van der Waals surface area contributed by atoms with Crippen LogP contribution in [0.3, 0.4) is 0 Å². The number of ether oxygens (including phenoxy) is 3. The monoisotopic (exact) mass is 357 g/mol. The molecule has 2 rings (SSSR count). The molecule has 0 saturated carbocycles. The molecular formula is C19H19NO6. The van der Waals surface area contributed by atoms with Crippen LogP contribution in [0.25, 0.3) is 6.08 Å². The number of non-ortho nitro benzene ring substituents is 1. The Kier molecular flexibility index (Phi) is 6.73. The van der Waals surface area contributed by atoms with Gasteiger partial charge in [0, 0.05) is 18.2 Å². The second-order valence-corrected chi connectivity index (χ2v) is 5.08. The number of esters is 1. The van der Waals surface area contributed by atoms with Gasteiger partial charge in [0.15, 0.2) is 11.5 Å². The highest BCUT2D eigenvalue weighted by molar-refractivity contribution is 5.88. The molecule has 7 heteroatoms. The predicted molar refractivity (Wildman–Crippen MR) is 96.5 cm³/mol. The predicted octanol–water partition coefficient (Wildman–Crippen LogP) is 4.01. The van der Waals surface area contributed by atoms with E-state index >= 15 is 0 Å². The van der Waals surface area contributed by atoms with E-state index in [9.17, 15) is 14.9 Å². The van der Waals surface area contributed by atoms with Crippen molar-refractivity contribution in [1.29, 1.82) is 0 Å². The van der Waals surface area contributed by atoms with Gasteiger partial charge in [-0.3, -0.25) is 10.1 Å². The molecule has 0 amide bonds. The van der Waals surface area contributed by atoms with Crippen LogP contribution >= 0.6 is 0 Å². The van der Waals surface area contributed by atoms with Crippen molar-refractivity contribution in [2.75, 3.05) is 13.2 Å². The largest absolute Gasteiger partial charge is 0.490 e. The number of carbonyl (C=O) groups is 1. The molecule has 0 spiro atoms. The third kappa shape index (κ3) is 5.34. The van der Waals surface area contributed by atoms with Gasteiger partial charge in [0.1, 0.15) is 5.75 Å². The average molecular weight is 357 g/mol. The van der Waals surface area contributed by atoms with Crippen molar-refractivity contribution in [3.8, 4) is 17.2 Å². The number of nitrogens with zero attached hydrogens (tertiary/aromatic N) is 1.